The summed E-state index contributed by atoms with van der Waals surface area (Å²) in [5.41, 5.74) is 5.43. The summed E-state index contributed by atoms with van der Waals surface area (Å²) in [7, 11) is 0. The van der Waals surface area contributed by atoms with E-state index < -0.39 is 0 Å². The zero-order chi connectivity index (χ0) is 10.4. The van der Waals surface area contributed by atoms with Crippen molar-refractivity contribution in [2.45, 2.75) is 51.6 Å². The van der Waals surface area contributed by atoms with E-state index in [1.54, 1.807) is 0 Å². The highest BCUT2D eigenvalue weighted by atomic mass is 32.1. The molecule has 0 bridgehead atoms. The van der Waals surface area contributed by atoms with E-state index in [2.05, 4.69) is 6.92 Å². The van der Waals surface area contributed by atoms with Crippen LogP contribution in [0.5, 0.6) is 0 Å². The largest absolute Gasteiger partial charge is 0.393 e. The van der Waals surface area contributed by atoms with E-state index in [1.807, 2.05) is 0 Å². The Hall–Kier alpha value is -0.150. The molecule has 1 aliphatic carbocycles. The molecule has 2 unspecified atom stereocenters. The molecule has 0 radical (unpaired) electrons. The highest BCUT2D eigenvalue weighted by Crippen LogP contribution is 2.29. The highest BCUT2D eigenvalue weighted by molar-refractivity contribution is 7.80. The first-order chi connectivity index (χ1) is 6.74. The van der Waals surface area contributed by atoms with Crippen LogP contribution < -0.4 is 5.73 Å². The normalized spacial score (nSPS) is 27.5. The number of rotatable bonds is 5. The van der Waals surface area contributed by atoms with Gasteiger partial charge in [-0.25, -0.2) is 0 Å². The van der Waals surface area contributed by atoms with Crippen LogP contribution in [0.15, 0.2) is 0 Å². The van der Waals surface area contributed by atoms with Crippen LogP contribution in [0.25, 0.3) is 0 Å². The maximum Gasteiger partial charge on any atom is 0.0750 e. The first kappa shape index (κ1) is 11.9. The fourth-order valence-corrected chi connectivity index (χ4v) is 2.25. The van der Waals surface area contributed by atoms with Crippen molar-refractivity contribution in [3.05, 3.63) is 0 Å². The topological polar surface area (TPSA) is 35.2 Å². The summed E-state index contributed by atoms with van der Waals surface area (Å²) >= 11 is 4.82. The third kappa shape index (κ3) is 3.93. The number of hydrogen-bond donors (Lipinski definition) is 1. The van der Waals surface area contributed by atoms with Crippen LogP contribution in [0.3, 0.4) is 0 Å². The maximum absolute atomic E-state index is 5.83. The Labute approximate surface area is 92.2 Å². The van der Waals surface area contributed by atoms with E-state index in [4.69, 9.17) is 22.7 Å². The minimum Gasteiger partial charge on any atom is -0.393 e. The molecule has 0 heterocycles. The predicted molar refractivity (Wildman–Crippen MR) is 63.4 cm³/mol. The van der Waals surface area contributed by atoms with Gasteiger partial charge in [-0.3, -0.25) is 0 Å². The molecule has 2 nitrogen and oxygen atoms in total. The first-order valence-electron chi connectivity index (χ1n) is 5.64. The van der Waals surface area contributed by atoms with Gasteiger partial charge in [0.1, 0.15) is 0 Å². The van der Waals surface area contributed by atoms with Crippen LogP contribution in [0.2, 0.25) is 0 Å². The standard InChI is InChI=1S/C11H21NOS/c1-2-9-5-3-4-6-10(9)13-8-7-11(12)14/h9-10H,2-8H2,1H3,(H2,12,14). The van der Waals surface area contributed by atoms with E-state index in [0.29, 0.717) is 17.7 Å². The second-order valence-electron chi connectivity index (χ2n) is 4.08. The summed E-state index contributed by atoms with van der Waals surface area (Å²) in [6, 6.07) is 0. The van der Waals surface area contributed by atoms with Crippen molar-refractivity contribution >= 4 is 17.2 Å². The molecule has 0 aliphatic heterocycles. The summed E-state index contributed by atoms with van der Waals surface area (Å²) in [4.78, 5) is 0.564. The molecule has 0 saturated heterocycles. The lowest BCUT2D eigenvalue weighted by molar-refractivity contribution is -0.00846. The minimum absolute atomic E-state index is 0.461. The van der Waals surface area contributed by atoms with Crippen LogP contribution in [-0.2, 0) is 4.74 Å². The van der Waals surface area contributed by atoms with Crippen molar-refractivity contribution < 1.29 is 4.74 Å². The number of nitrogens with two attached hydrogens (primary N) is 1. The molecule has 3 heteroatoms. The van der Waals surface area contributed by atoms with Gasteiger partial charge in [-0.2, -0.15) is 0 Å². The second kappa shape index (κ2) is 6.36. The fraction of sp³-hybridized carbons (Fsp3) is 0.909. The van der Waals surface area contributed by atoms with Gasteiger partial charge < -0.3 is 10.5 Å². The molecule has 1 rings (SSSR count). The van der Waals surface area contributed by atoms with Crippen LogP contribution in [-0.4, -0.2) is 17.7 Å². The molecular formula is C11H21NOS. The first-order valence-corrected chi connectivity index (χ1v) is 6.04. The Morgan fingerprint density at radius 1 is 1.43 bits per heavy atom. The molecule has 1 saturated carbocycles. The Morgan fingerprint density at radius 3 is 2.79 bits per heavy atom. The van der Waals surface area contributed by atoms with Gasteiger partial charge in [0.05, 0.1) is 17.7 Å². The molecular weight excluding hydrogens is 194 g/mol. The third-order valence-corrected chi connectivity index (χ3v) is 3.25. The van der Waals surface area contributed by atoms with Crippen LogP contribution in [0.4, 0.5) is 0 Å². The van der Waals surface area contributed by atoms with Crippen molar-refractivity contribution in [2.75, 3.05) is 6.61 Å². The van der Waals surface area contributed by atoms with E-state index in [-0.39, 0.29) is 0 Å². The van der Waals surface area contributed by atoms with Crippen molar-refractivity contribution in [1.29, 1.82) is 0 Å². The molecule has 0 aromatic carbocycles. The van der Waals surface area contributed by atoms with E-state index in [9.17, 15) is 0 Å². The van der Waals surface area contributed by atoms with Gasteiger partial charge in [0.2, 0.25) is 0 Å². The van der Waals surface area contributed by atoms with Gasteiger partial charge in [-0.15, -0.1) is 0 Å². The lowest BCUT2D eigenvalue weighted by atomic mass is 9.85. The Morgan fingerprint density at radius 2 is 2.14 bits per heavy atom. The van der Waals surface area contributed by atoms with E-state index >= 15 is 0 Å². The van der Waals surface area contributed by atoms with Crippen molar-refractivity contribution in [3.8, 4) is 0 Å². The third-order valence-electron chi connectivity index (χ3n) is 3.04. The van der Waals surface area contributed by atoms with Gasteiger partial charge >= 0.3 is 0 Å². The average molecular weight is 215 g/mol. The summed E-state index contributed by atoms with van der Waals surface area (Å²) in [6.07, 6.45) is 7.65. The van der Waals surface area contributed by atoms with Gasteiger partial charge in [-0.1, -0.05) is 38.4 Å². The zero-order valence-electron chi connectivity index (χ0n) is 9.00. The molecule has 2 N–H and O–H groups in total. The quantitative estimate of drug-likeness (QED) is 0.716. The lowest BCUT2D eigenvalue weighted by Crippen LogP contribution is -2.28. The van der Waals surface area contributed by atoms with Crippen LogP contribution in [0, 0.1) is 5.92 Å². The molecule has 0 amide bonds. The number of hydrogen-bond acceptors (Lipinski definition) is 2. The minimum atomic E-state index is 0.461. The molecule has 0 aromatic rings. The zero-order valence-corrected chi connectivity index (χ0v) is 9.81. The summed E-state index contributed by atoms with van der Waals surface area (Å²) in [5, 5.41) is 0. The van der Waals surface area contributed by atoms with Crippen LogP contribution >= 0.6 is 12.2 Å². The summed E-state index contributed by atoms with van der Waals surface area (Å²) < 4.78 is 5.83. The highest BCUT2D eigenvalue weighted by Gasteiger charge is 2.23. The van der Waals surface area contributed by atoms with Gasteiger partial charge in [0.25, 0.3) is 0 Å². The van der Waals surface area contributed by atoms with Crippen molar-refractivity contribution in [2.24, 2.45) is 11.7 Å². The maximum atomic E-state index is 5.83. The average Bonchev–Trinajstić information content (AvgIpc) is 2.18. The molecule has 1 fully saturated rings. The lowest BCUT2D eigenvalue weighted by Gasteiger charge is -2.30. The monoisotopic (exact) mass is 215 g/mol. The predicted octanol–water partition coefficient (Wildman–Crippen LogP) is 2.65. The van der Waals surface area contributed by atoms with E-state index in [1.165, 1.54) is 32.1 Å². The van der Waals surface area contributed by atoms with Crippen molar-refractivity contribution in [1.82, 2.24) is 0 Å². The molecule has 14 heavy (non-hydrogen) atoms. The van der Waals surface area contributed by atoms with Gasteiger partial charge in [0, 0.05) is 6.42 Å². The molecule has 1 aliphatic rings. The van der Waals surface area contributed by atoms with Gasteiger partial charge in [-0.05, 0) is 18.8 Å². The number of thiocarbonyl (C=S) groups is 1. The molecule has 0 aromatic heterocycles. The Bertz CT molecular complexity index is 184. The van der Waals surface area contributed by atoms with Crippen molar-refractivity contribution in [3.63, 3.8) is 0 Å². The Kier molecular flexibility index (Phi) is 5.41. The summed E-state index contributed by atoms with van der Waals surface area (Å²) in [6.45, 7) is 2.95. The van der Waals surface area contributed by atoms with Crippen LogP contribution in [0.1, 0.15) is 45.4 Å². The second-order valence-corrected chi connectivity index (χ2v) is 4.60. The molecule has 0 spiro atoms. The summed E-state index contributed by atoms with van der Waals surface area (Å²) in [5.74, 6) is 0.759. The van der Waals surface area contributed by atoms with E-state index in [0.717, 1.165) is 12.3 Å². The number of ether oxygens (including phenoxy) is 1. The smallest absolute Gasteiger partial charge is 0.0750 e. The molecule has 82 valence electrons. The van der Waals surface area contributed by atoms with Gasteiger partial charge in [0.15, 0.2) is 0 Å². The SMILES string of the molecule is CCC1CCCCC1OCCC(N)=S. The molecule has 2 atom stereocenters. The Balaban J connectivity index is 2.22. The fourth-order valence-electron chi connectivity index (χ4n) is 2.17.